The summed E-state index contributed by atoms with van der Waals surface area (Å²) in [6, 6.07) is 0. The minimum atomic E-state index is 0.672. The van der Waals surface area contributed by atoms with E-state index < -0.39 is 0 Å². The Kier molecular flexibility index (Phi) is 39.1. The van der Waals surface area contributed by atoms with E-state index in [1.807, 2.05) is 0 Å². The van der Waals surface area contributed by atoms with Crippen LogP contribution in [-0.2, 0) is 9.47 Å². The van der Waals surface area contributed by atoms with Gasteiger partial charge in [0.05, 0.1) is 40.6 Å². The Morgan fingerprint density at radius 3 is 1.04 bits per heavy atom. The number of hydrogen-bond acceptors (Lipinski definition) is 4. The van der Waals surface area contributed by atoms with Gasteiger partial charge in [-0.15, -0.1) is 0 Å². The predicted molar refractivity (Wildman–Crippen MR) is 209 cm³/mol. The highest BCUT2D eigenvalue weighted by atomic mass is 16.5. The van der Waals surface area contributed by atoms with Crippen LogP contribution in [0, 0.1) is 0 Å². The highest BCUT2D eigenvalue weighted by molar-refractivity contribution is 4.82. The second-order valence-corrected chi connectivity index (χ2v) is 14.7. The fourth-order valence-electron chi connectivity index (χ4n) is 5.86. The lowest BCUT2D eigenvalue weighted by atomic mass is 10.1. The zero-order valence-corrected chi connectivity index (χ0v) is 32.6. The van der Waals surface area contributed by atoms with Crippen molar-refractivity contribution in [1.82, 2.24) is 10.6 Å². The van der Waals surface area contributed by atoms with E-state index in [0.717, 1.165) is 43.9 Å². The van der Waals surface area contributed by atoms with Crippen LogP contribution in [-0.4, -0.2) is 71.4 Å². The maximum atomic E-state index is 5.81. The maximum Gasteiger partial charge on any atom is 0.0967 e. The highest BCUT2D eigenvalue weighted by Crippen LogP contribution is 2.11. The summed E-state index contributed by atoms with van der Waals surface area (Å²) < 4.78 is 12.6. The third kappa shape index (κ3) is 41.4. The molecule has 0 radical (unpaired) electrons. The molecule has 0 aromatic carbocycles. The SMILES string of the molecule is CCCCCCCCC=CCCCCCCCOCNCC[N+](C)(C)CCNCOCCCCCCCC=CCCCCCCCC. The lowest BCUT2D eigenvalue weighted by Gasteiger charge is -2.30. The summed E-state index contributed by atoms with van der Waals surface area (Å²) in [5.41, 5.74) is 0. The average Bonchev–Trinajstić information content (AvgIpc) is 3.06. The first-order valence-electron chi connectivity index (χ1n) is 20.8. The second-order valence-electron chi connectivity index (χ2n) is 14.7. The van der Waals surface area contributed by atoms with Crippen molar-refractivity contribution in [3.8, 4) is 0 Å². The molecule has 0 saturated carbocycles. The number of rotatable bonds is 40. The predicted octanol–water partition coefficient (Wildman–Crippen LogP) is 11.5. The van der Waals surface area contributed by atoms with E-state index in [-0.39, 0.29) is 0 Å². The van der Waals surface area contributed by atoms with Gasteiger partial charge >= 0.3 is 0 Å². The summed E-state index contributed by atoms with van der Waals surface area (Å²) in [5, 5.41) is 6.93. The molecule has 0 unspecified atom stereocenters. The Labute approximate surface area is 296 Å². The fourth-order valence-corrected chi connectivity index (χ4v) is 5.86. The van der Waals surface area contributed by atoms with Crippen molar-refractivity contribution >= 4 is 0 Å². The molecule has 47 heavy (non-hydrogen) atoms. The van der Waals surface area contributed by atoms with E-state index in [1.54, 1.807) is 0 Å². The molecule has 2 N–H and O–H groups in total. The van der Waals surface area contributed by atoms with Gasteiger partial charge < -0.3 is 14.0 Å². The zero-order valence-electron chi connectivity index (χ0n) is 32.6. The van der Waals surface area contributed by atoms with Crippen molar-refractivity contribution in [1.29, 1.82) is 0 Å². The number of ether oxygens (including phenoxy) is 2. The molecule has 0 aliphatic heterocycles. The lowest BCUT2D eigenvalue weighted by molar-refractivity contribution is -0.888. The fraction of sp³-hybridized carbons (Fsp3) is 0.905. The molecule has 0 bridgehead atoms. The summed E-state index contributed by atoms with van der Waals surface area (Å²) >= 11 is 0. The van der Waals surface area contributed by atoms with E-state index in [0.29, 0.717) is 13.5 Å². The Hall–Kier alpha value is -0.720. The van der Waals surface area contributed by atoms with Crippen LogP contribution in [0.4, 0.5) is 0 Å². The zero-order chi connectivity index (χ0) is 34.2. The van der Waals surface area contributed by atoms with E-state index >= 15 is 0 Å². The first-order chi connectivity index (χ1) is 23.1. The number of hydrogen-bond donors (Lipinski definition) is 2. The number of nitrogens with zero attached hydrogens (tertiary/aromatic N) is 1. The van der Waals surface area contributed by atoms with Gasteiger partial charge in [0.2, 0.25) is 0 Å². The van der Waals surface area contributed by atoms with Crippen LogP contribution >= 0.6 is 0 Å². The van der Waals surface area contributed by atoms with Crippen molar-refractivity contribution in [2.75, 3.05) is 66.9 Å². The van der Waals surface area contributed by atoms with Gasteiger partial charge in [-0.2, -0.15) is 0 Å². The summed E-state index contributed by atoms with van der Waals surface area (Å²) in [4.78, 5) is 0. The maximum absolute atomic E-state index is 5.81. The highest BCUT2D eigenvalue weighted by Gasteiger charge is 2.13. The molecule has 5 nitrogen and oxygen atoms in total. The largest absolute Gasteiger partial charge is 0.366 e. The molecule has 0 atom stereocenters. The summed E-state index contributed by atoms with van der Waals surface area (Å²) in [6.07, 6.45) is 44.5. The molecule has 0 aromatic rings. The number of likely N-dealkylation sites (N-methyl/N-ethyl adjacent to an activating group) is 1. The molecule has 0 fully saturated rings. The van der Waals surface area contributed by atoms with Gasteiger partial charge in [0.25, 0.3) is 0 Å². The van der Waals surface area contributed by atoms with Crippen molar-refractivity contribution < 1.29 is 14.0 Å². The van der Waals surface area contributed by atoms with Gasteiger partial charge in [-0.05, 0) is 64.2 Å². The Morgan fingerprint density at radius 1 is 0.404 bits per heavy atom. The molecular formula is C42H86N3O2+. The molecule has 0 heterocycles. The quantitative estimate of drug-likeness (QED) is 0.0296. The normalized spacial score (nSPS) is 12.3. The Balaban J connectivity index is 3.31. The monoisotopic (exact) mass is 665 g/mol. The molecule has 0 spiro atoms. The van der Waals surface area contributed by atoms with Crippen LogP contribution in [0.15, 0.2) is 24.3 Å². The van der Waals surface area contributed by atoms with Crippen LogP contribution in [0.25, 0.3) is 0 Å². The first kappa shape index (κ1) is 46.3. The lowest BCUT2D eigenvalue weighted by Crippen LogP contribution is -2.48. The van der Waals surface area contributed by atoms with Crippen LogP contribution in [0.1, 0.15) is 181 Å². The molecule has 0 rings (SSSR count). The van der Waals surface area contributed by atoms with E-state index in [9.17, 15) is 0 Å². The van der Waals surface area contributed by atoms with Crippen molar-refractivity contribution in [3.05, 3.63) is 24.3 Å². The molecule has 0 aromatic heterocycles. The molecular weight excluding hydrogens is 578 g/mol. The molecule has 0 amide bonds. The van der Waals surface area contributed by atoms with E-state index in [4.69, 9.17) is 9.47 Å². The van der Waals surface area contributed by atoms with Crippen LogP contribution in [0.3, 0.4) is 0 Å². The van der Waals surface area contributed by atoms with E-state index in [2.05, 4.69) is 62.9 Å². The third-order valence-corrected chi connectivity index (χ3v) is 9.30. The van der Waals surface area contributed by atoms with Gasteiger partial charge in [0.15, 0.2) is 0 Å². The minimum absolute atomic E-state index is 0.672. The van der Waals surface area contributed by atoms with Crippen LogP contribution in [0.2, 0.25) is 0 Å². The number of unbranched alkanes of at least 4 members (excludes halogenated alkanes) is 22. The van der Waals surface area contributed by atoms with Gasteiger partial charge in [0.1, 0.15) is 0 Å². The van der Waals surface area contributed by atoms with Gasteiger partial charge in [0, 0.05) is 26.3 Å². The summed E-state index contributed by atoms with van der Waals surface area (Å²) in [7, 11) is 4.61. The van der Waals surface area contributed by atoms with E-state index in [1.165, 1.54) is 167 Å². The van der Waals surface area contributed by atoms with Crippen LogP contribution in [0.5, 0.6) is 0 Å². The molecule has 0 aliphatic carbocycles. The smallest absolute Gasteiger partial charge is 0.0967 e. The molecule has 280 valence electrons. The van der Waals surface area contributed by atoms with Gasteiger partial charge in [-0.3, -0.25) is 10.6 Å². The average molecular weight is 665 g/mol. The standard InChI is InChI=1S/C42H86N3O2/c1-5-7-9-11-13-15-17-19-21-23-25-27-29-31-33-39-46-41-43-35-37-45(3,4)38-36-44-42-47-40-34-32-30-28-26-24-22-20-18-16-14-12-10-8-6-2/h19-22,43-44H,5-18,23-42H2,1-4H3/q+1. The first-order valence-corrected chi connectivity index (χ1v) is 20.8. The Bertz CT molecular complexity index is 585. The van der Waals surface area contributed by atoms with Gasteiger partial charge in [-0.25, -0.2) is 0 Å². The van der Waals surface area contributed by atoms with Gasteiger partial charge in [-0.1, -0.05) is 141 Å². The Morgan fingerprint density at radius 2 is 0.702 bits per heavy atom. The van der Waals surface area contributed by atoms with Crippen molar-refractivity contribution in [3.63, 3.8) is 0 Å². The van der Waals surface area contributed by atoms with Crippen LogP contribution < -0.4 is 10.6 Å². The molecule has 0 aliphatic rings. The second kappa shape index (κ2) is 39.7. The number of quaternary nitrogens is 1. The number of nitrogens with one attached hydrogen (secondary N) is 2. The minimum Gasteiger partial charge on any atom is -0.366 e. The topological polar surface area (TPSA) is 42.5 Å². The third-order valence-electron chi connectivity index (χ3n) is 9.30. The van der Waals surface area contributed by atoms with Crippen molar-refractivity contribution in [2.24, 2.45) is 0 Å². The number of allylic oxidation sites excluding steroid dienone is 4. The summed E-state index contributed by atoms with van der Waals surface area (Å²) in [6.45, 7) is 11.9. The van der Waals surface area contributed by atoms with Crippen molar-refractivity contribution in [2.45, 2.75) is 181 Å². The summed E-state index contributed by atoms with van der Waals surface area (Å²) in [5.74, 6) is 0. The molecule has 0 saturated heterocycles. The molecule has 5 heteroatoms.